The zero-order chi connectivity index (χ0) is 17.1. The molecule has 0 spiro atoms. The van der Waals surface area contributed by atoms with Crippen LogP contribution < -0.4 is 10.6 Å². The first-order chi connectivity index (χ1) is 12.3. The molecule has 2 heterocycles. The molecule has 3 heteroatoms. The number of likely N-dealkylation sites (tertiary alicyclic amines) is 1. The van der Waals surface area contributed by atoms with Crippen molar-refractivity contribution in [2.75, 3.05) is 13.1 Å². The van der Waals surface area contributed by atoms with E-state index >= 15 is 0 Å². The maximum atomic E-state index is 12.1. The van der Waals surface area contributed by atoms with Crippen LogP contribution in [0.3, 0.4) is 0 Å². The molecule has 25 heavy (non-hydrogen) atoms. The lowest BCUT2D eigenvalue weighted by Gasteiger charge is -2.32. The number of nitrogens with zero attached hydrogens (tertiary/aromatic N) is 2. The summed E-state index contributed by atoms with van der Waals surface area (Å²) >= 11 is 0. The number of hydrogen-bond donors (Lipinski definition) is 0. The van der Waals surface area contributed by atoms with Gasteiger partial charge in [-0.15, -0.1) is 0 Å². The average molecular weight is 332 g/mol. The van der Waals surface area contributed by atoms with Crippen LogP contribution in [-0.4, -0.2) is 23.9 Å². The van der Waals surface area contributed by atoms with Gasteiger partial charge in [0.2, 0.25) is 0 Å². The molecule has 2 aromatic rings. The van der Waals surface area contributed by atoms with Crippen LogP contribution in [0.4, 0.5) is 0 Å². The third-order valence-corrected chi connectivity index (χ3v) is 5.47. The van der Waals surface area contributed by atoms with Crippen molar-refractivity contribution in [1.82, 2.24) is 4.90 Å². The van der Waals surface area contributed by atoms with Gasteiger partial charge in [-0.25, -0.2) is 4.99 Å². The van der Waals surface area contributed by atoms with Crippen LogP contribution in [-0.2, 0) is 11.3 Å². The summed E-state index contributed by atoms with van der Waals surface area (Å²) in [6.07, 6.45) is 4.42. The molecule has 0 atom stereocenters. The monoisotopic (exact) mass is 332 g/mol. The van der Waals surface area contributed by atoms with Crippen molar-refractivity contribution in [3.63, 3.8) is 0 Å². The summed E-state index contributed by atoms with van der Waals surface area (Å²) in [7, 11) is 0. The fraction of sp³-hybridized carbons (Fsp3) is 0.364. The SMILES string of the molecule is O=C1N=c2ccccc2=C1CCC1CCN(Cc2ccccc2)CC1. The zero-order valence-corrected chi connectivity index (χ0v) is 14.5. The van der Waals surface area contributed by atoms with Crippen LogP contribution in [0.2, 0.25) is 0 Å². The van der Waals surface area contributed by atoms with Gasteiger partial charge in [-0.2, -0.15) is 0 Å². The Kier molecular flexibility index (Phi) is 4.75. The highest BCUT2D eigenvalue weighted by Gasteiger charge is 2.22. The molecule has 0 radical (unpaired) electrons. The normalized spacial score (nSPS) is 18.2. The molecule has 3 nitrogen and oxygen atoms in total. The van der Waals surface area contributed by atoms with E-state index in [0.717, 1.165) is 54.5 Å². The highest BCUT2D eigenvalue weighted by atomic mass is 16.1. The molecule has 4 rings (SSSR count). The van der Waals surface area contributed by atoms with Crippen molar-refractivity contribution >= 4 is 11.5 Å². The first kappa shape index (κ1) is 16.2. The molecule has 0 N–H and O–H groups in total. The minimum absolute atomic E-state index is 0.0253. The molecule has 2 aliphatic rings. The standard InChI is InChI=1S/C22H24N2O/c25-22-20(19-8-4-5-9-21(19)23-22)11-10-17-12-14-24(15-13-17)16-18-6-2-1-3-7-18/h1-9,17H,10-16H2. The van der Waals surface area contributed by atoms with E-state index in [2.05, 4.69) is 40.2 Å². The average Bonchev–Trinajstić information content (AvgIpc) is 2.97. The van der Waals surface area contributed by atoms with Gasteiger partial charge in [0.15, 0.2) is 0 Å². The quantitative estimate of drug-likeness (QED) is 0.843. The van der Waals surface area contributed by atoms with Gasteiger partial charge in [0.25, 0.3) is 5.91 Å². The summed E-state index contributed by atoms with van der Waals surface area (Å²) in [6.45, 7) is 3.36. The van der Waals surface area contributed by atoms with Crippen LogP contribution in [0.15, 0.2) is 59.6 Å². The maximum Gasteiger partial charge on any atom is 0.274 e. The molecule has 0 aromatic heterocycles. The highest BCUT2D eigenvalue weighted by molar-refractivity contribution is 6.15. The molecule has 2 aliphatic heterocycles. The lowest BCUT2D eigenvalue weighted by molar-refractivity contribution is -0.112. The van der Waals surface area contributed by atoms with E-state index < -0.39 is 0 Å². The van der Waals surface area contributed by atoms with E-state index in [9.17, 15) is 4.79 Å². The molecular weight excluding hydrogens is 308 g/mol. The van der Waals surface area contributed by atoms with Gasteiger partial charge in [0.1, 0.15) is 0 Å². The van der Waals surface area contributed by atoms with Crippen molar-refractivity contribution < 1.29 is 4.79 Å². The Hall–Kier alpha value is -2.26. The van der Waals surface area contributed by atoms with Crippen molar-refractivity contribution in [3.05, 3.63) is 70.7 Å². The van der Waals surface area contributed by atoms with Crippen LogP contribution in [0.1, 0.15) is 31.2 Å². The van der Waals surface area contributed by atoms with E-state index in [1.54, 1.807) is 0 Å². The number of amides is 1. The summed E-state index contributed by atoms with van der Waals surface area (Å²) in [5.41, 5.74) is 2.31. The molecule has 1 fully saturated rings. The molecule has 0 aliphatic carbocycles. The zero-order valence-electron chi connectivity index (χ0n) is 14.5. The molecule has 128 valence electrons. The number of para-hydroxylation sites is 1. The van der Waals surface area contributed by atoms with E-state index in [0.29, 0.717) is 0 Å². The topological polar surface area (TPSA) is 32.7 Å². The fourth-order valence-electron chi connectivity index (χ4n) is 3.98. The number of rotatable bonds is 5. The summed E-state index contributed by atoms with van der Waals surface area (Å²) in [6, 6.07) is 18.6. The minimum Gasteiger partial charge on any atom is -0.299 e. The van der Waals surface area contributed by atoms with Gasteiger partial charge in [-0.05, 0) is 56.3 Å². The first-order valence-electron chi connectivity index (χ1n) is 9.27. The minimum atomic E-state index is -0.0253. The van der Waals surface area contributed by atoms with Crippen LogP contribution in [0.5, 0.6) is 0 Å². The Morgan fingerprint density at radius 3 is 2.48 bits per heavy atom. The fourth-order valence-corrected chi connectivity index (χ4v) is 3.98. The maximum absolute atomic E-state index is 12.1. The number of hydrogen-bond acceptors (Lipinski definition) is 2. The highest BCUT2D eigenvalue weighted by Crippen LogP contribution is 2.25. The van der Waals surface area contributed by atoms with E-state index in [-0.39, 0.29) is 5.91 Å². The van der Waals surface area contributed by atoms with E-state index in [1.807, 2.05) is 24.3 Å². The molecule has 0 saturated carbocycles. The summed E-state index contributed by atoms with van der Waals surface area (Å²) < 4.78 is 0. The second kappa shape index (κ2) is 7.32. The molecule has 0 bridgehead atoms. The Morgan fingerprint density at radius 1 is 0.960 bits per heavy atom. The lowest BCUT2D eigenvalue weighted by Crippen LogP contribution is -2.33. The van der Waals surface area contributed by atoms with Gasteiger partial charge in [0, 0.05) is 17.3 Å². The van der Waals surface area contributed by atoms with Crippen molar-refractivity contribution in [1.29, 1.82) is 0 Å². The Labute approximate surface area is 148 Å². The van der Waals surface area contributed by atoms with Gasteiger partial charge < -0.3 is 0 Å². The molecule has 1 saturated heterocycles. The number of benzene rings is 2. The smallest absolute Gasteiger partial charge is 0.274 e. The summed E-state index contributed by atoms with van der Waals surface area (Å²) in [4.78, 5) is 18.9. The molecule has 2 aromatic carbocycles. The number of carbonyl (C=O) groups excluding carboxylic acids is 1. The second-order valence-electron chi connectivity index (χ2n) is 7.16. The predicted molar refractivity (Wildman–Crippen MR) is 99.3 cm³/mol. The van der Waals surface area contributed by atoms with Gasteiger partial charge in [0.05, 0.1) is 5.36 Å². The third kappa shape index (κ3) is 3.72. The van der Waals surface area contributed by atoms with Gasteiger partial charge in [-0.3, -0.25) is 9.69 Å². The number of carbonyl (C=O) groups is 1. The van der Waals surface area contributed by atoms with E-state index in [1.165, 1.54) is 18.4 Å². The van der Waals surface area contributed by atoms with Crippen LogP contribution in [0, 0.1) is 5.92 Å². The molecular formula is C22H24N2O. The first-order valence-corrected chi connectivity index (χ1v) is 9.27. The van der Waals surface area contributed by atoms with Crippen LogP contribution in [0.25, 0.3) is 5.57 Å². The largest absolute Gasteiger partial charge is 0.299 e. The Morgan fingerprint density at radius 2 is 1.68 bits per heavy atom. The number of fused-ring (bicyclic) bond motifs is 1. The molecule has 1 amide bonds. The number of piperidine rings is 1. The van der Waals surface area contributed by atoms with Gasteiger partial charge >= 0.3 is 0 Å². The second-order valence-corrected chi connectivity index (χ2v) is 7.16. The van der Waals surface area contributed by atoms with E-state index in [4.69, 9.17) is 0 Å². The van der Waals surface area contributed by atoms with Crippen molar-refractivity contribution in [3.8, 4) is 0 Å². The lowest BCUT2D eigenvalue weighted by atomic mass is 9.90. The van der Waals surface area contributed by atoms with Crippen molar-refractivity contribution in [2.24, 2.45) is 10.9 Å². The molecule has 0 unspecified atom stereocenters. The third-order valence-electron chi connectivity index (χ3n) is 5.47. The summed E-state index contributed by atoms with van der Waals surface area (Å²) in [5, 5.41) is 1.90. The van der Waals surface area contributed by atoms with Crippen LogP contribution >= 0.6 is 0 Å². The van der Waals surface area contributed by atoms with Crippen molar-refractivity contribution in [2.45, 2.75) is 32.2 Å². The van der Waals surface area contributed by atoms with Gasteiger partial charge in [-0.1, -0.05) is 48.5 Å². The Balaban J connectivity index is 1.31. The predicted octanol–water partition coefficient (Wildman–Crippen LogP) is 2.69. The summed E-state index contributed by atoms with van der Waals surface area (Å²) in [5.74, 6) is 0.697. The Bertz CT molecular complexity index is 864.